The lowest BCUT2D eigenvalue weighted by Crippen LogP contribution is -2.47. The molecule has 108 valence electrons. The van der Waals surface area contributed by atoms with Crippen LogP contribution in [0.4, 0.5) is 4.39 Å². The van der Waals surface area contributed by atoms with Crippen LogP contribution >= 0.6 is 0 Å². The Labute approximate surface area is 117 Å². The highest BCUT2D eigenvalue weighted by atomic mass is 19.1. The van der Waals surface area contributed by atoms with E-state index < -0.39 is 0 Å². The number of carbonyl (C=O) groups excluding carboxylic acids is 1. The van der Waals surface area contributed by atoms with Gasteiger partial charge in [0.05, 0.1) is 19.3 Å². The van der Waals surface area contributed by atoms with Crippen molar-refractivity contribution < 1.29 is 18.7 Å². The molecule has 0 aliphatic carbocycles. The molecule has 2 heterocycles. The van der Waals surface area contributed by atoms with Gasteiger partial charge in [-0.05, 0) is 30.5 Å². The van der Waals surface area contributed by atoms with E-state index in [9.17, 15) is 9.18 Å². The first-order valence-corrected chi connectivity index (χ1v) is 6.90. The maximum absolute atomic E-state index is 12.9. The smallest absolute Gasteiger partial charge is 0.313 e. The Morgan fingerprint density at radius 1 is 1.35 bits per heavy atom. The number of fused-ring (bicyclic) bond motifs is 2. The van der Waals surface area contributed by atoms with E-state index in [0.29, 0.717) is 6.54 Å². The summed E-state index contributed by atoms with van der Waals surface area (Å²) >= 11 is 0. The molecule has 5 heteroatoms. The van der Waals surface area contributed by atoms with E-state index in [4.69, 9.17) is 9.47 Å². The topological polar surface area (TPSA) is 47.6 Å². The number of carbonyl (C=O) groups is 1. The van der Waals surface area contributed by atoms with E-state index in [0.717, 1.165) is 18.4 Å². The van der Waals surface area contributed by atoms with Crippen LogP contribution in [0.15, 0.2) is 24.3 Å². The van der Waals surface area contributed by atoms with Gasteiger partial charge in [-0.25, -0.2) is 4.39 Å². The van der Waals surface area contributed by atoms with Crippen LogP contribution in [0.1, 0.15) is 18.4 Å². The van der Waals surface area contributed by atoms with Crippen LogP contribution < -0.4 is 5.32 Å². The number of ether oxygens (including phenoxy) is 2. The highest BCUT2D eigenvalue weighted by Crippen LogP contribution is 2.39. The lowest BCUT2D eigenvalue weighted by atomic mass is 9.84. The van der Waals surface area contributed by atoms with Crippen molar-refractivity contribution in [1.82, 2.24) is 5.32 Å². The molecule has 0 saturated carbocycles. The zero-order valence-corrected chi connectivity index (χ0v) is 11.3. The number of esters is 1. The van der Waals surface area contributed by atoms with E-state index in [-0.39, 0.29) is 36.0 Å². The summed E-state index contributed by atoms with van der Waals surface area (Å²) in [5.41, 5.74) is 0.984. The molecule has 0 unspecified atom stereocenters. The first-order valence-electron chi connectivity index (χ1n) is 6.90. The molecule has 1 aromatic carbocycles. The number of nitrogens with one attached hydrogen (secondary N) is 1. The average Bonchev–Trinajstić information content (AvgIpc) is 3.06. The van der Waals surface area contributed by atoms with Crippen LogP contribution in [-0.4, -0.2) is 31.3 Å². The van der Waals surface area contributed by atoms with Crippen LogP contribution in [0.25, 0.3) is 0 Å². The van der Waals surface area contributed by atoms with Gasteiger partial charge < -0.3 is 14.8 Å². The fourth-order valence-corrected chi connectivity index (χ4v) is 3.21. The summed E-state index contributed by atoms with van der Waals surface area (Å²) in [6.45, 7) is 0.588. The Bertz CT molecular complexity index is 490. The van der Waals surface area contributed by atoms with Gasteiger partial charge in [0.15, 0.2) is 0 Å². The molecular weight excluding hydrogens is 261 g/mol. The Kier molecular flexibility index (Phi) is 3.72. The van der Waals surface area contributed by atoms with Crippen molar-refractivity contribution in [3.05, 3.63) is 35.6 Å². The van der Waals surface area contributed by atoms with Crippen molar-refractivity contribution in [3.8, 4) is 0 Å². The highest BCUT2D eigenvalue weighted by Gasteiger charge is 2.52. The Balaban J connectivity index is 1.66. The lowest BCUT2D eigenvalue weighted by molar-refractivity contribution is -0.147. The molecule has 0 aromatic heterocycles. The molecule has 1 N–H and O–H groups in total. The zero-order valence-electron chi connectivity index (χ0n) is 11.3. The van der Waals surface area contributed by atoms with Crippen molar-refractivity contribution >= 4 is 5.97 Å². The van der Waals surface area contributed by atoms with Crippen molar-refractivity contribution in [2.45, 2.75) is 37.6 Å². The van der Waals surface area contributed by atoms with E-state index in [1.807, 2.05) is 0 Å². The van der Waals surface area contributed by atoms with Gasteiger partial charge in [0.2, 0.25) is 0 Å². The Hall–Kier alpha value is -1.46. The average molecular weight is 279 g/mol. The minimum absolute atomic E-state index is 0.0220. The van der Waals surface area contributed by atoms with Crippen molar-refractivity contribution in [2.24, 2.45) is 5.92 Å². The maximum atomic E-state index is 12.9. The minimum Gasteiger partial charge on any atom is -0.469 e. The standard InChI is InChI=1S/C15H18FNO3/c1-19-15(18)13-11-6-7-12(20-11)14(13)17-8-9-2-4-10(16)5-3-9/h2-5,11-14,17H,6-8H2,1H3/t11-,12+,13-,14+/m1/s1. The van der Waals surface area contributed by atoms with Crippen molar-refractivity contribution in [2.75, 3.05) is 7.11 Å². The van der Waals surface area contributed by atoms with Crippen molar-refractivity contribution in [3.63, 3.8) is 0 Å². The largest absolute Gasteiger partial charge is 0.469 e. The van der Waals surface area contributed by atoms with Crippen LogP contribution in [0.3, 0.4) is 0 Å². The molecular formula is C15H18FNO3. The van der Waals surface area contributed by atoms with Crippen molar-refractivity contribution in [1.29, 1.82) is 0 Å². The normalized spacial score (nSPS) is 31.5. The van der Waals surface area contributed by atoms with Gasteiger partial charge in [0.25, 0.3) is 0 Å². The zero-order chi connectivity index (χ0) is 14.1. The van der Waals surface area contributed by atoms with E-state index in [2.05, 4.69) is 5.32 Å². The Morgan fingerprint density at radius 3 is 2.75 bits per heavy atom. The predicted molar refractivity (Wildman–Crippen MR) is 70.4 cm³/mol. The molecule has 2 fully saturated rings. The monoisotopic (exact) mass is 279 g/mol. The number of hydrogen-bond acceptors (Lipinski definition) is 4. The van der Waals surface area contributed by atoms with E-state index in [1.165, 1.54) is 19.2 Å². The summed E-state index contributed by atoms with van der Waals surface area (Å²) in [5, 5.41) is 3.37. The second-order valence-electron chi connectivity index (χ2n) is 5.37. The third kappa shape index (κ3) is 2.43. The minimum atomic E-state index is -0.246. The van der Waals surface area contributed by atoms with Crippen LogP contribution in [0.5, 0.6) is 0 Å². The molecule has 2 saturated heterocycles. The summed E-state index contributed by atoms with van der Waals surface area (Å²) in [6, 6.07) is 6.33. The third-order valence-corrected chi connectivity index (χ3v) is 4.20. The van der Waals surface area contributed by atoms with Gasteiger partial charge in [-0.2, -0.15) is 0 Å². The number of methoxy groups -OCH3 is 1. The predicted octanol–water partition coefficient (Wildman–Crippen LogP) is 1.63. The molecule has 0 amide bonds. The third-order valence-electron chi connectivity index (χ3n) is 4.20. The number of benzene rings is 1. The molecule has 20 heavy (non-hydrogen) atoms. The molecule has 2 aliphatic rings. The van der Waals surface area contributed by atoms with Gasteiger partial charge in [-0.15, -0.1) is 0 Å². The summed E-state index contributed by atoms with van der Waals surface area (Å²) in [6.07, 6.45) is 1.93. The van der Waals surface area contributed by atoms with Gasteiger partial charge in [0.1, 0.15) is 11.7 Å². The molecule has 2 bridgehead atoms. The SMILES string of the molecule is COC(=O)[C@H]1[C@@H](NCc2ccc(F)cc2)[C@@H]2CC[C@H]1O2. The highest BCUT2D eigenvalue weighted by molar-refractivity contribution is 5.74. The van der Waals surface area contributed by atoms with Crippen LogP contribution in [-0.2, 0) is 20.8 Å². The maximum Gasteiger partial charge on any atom is 0.313 e. The van der Waals surface area contributed by atoms with Gasteiger partial charge in [-0.3, -0.25) is 4.79 Å². The quantitative estimate of drug-likeness (QED) is 0.851. The summed E-state index contributed by atoms with van der Waals surface area (Å²) in [5.74, 6) is -0.697. The molecule has 4 nitrogen and oxygen atoms in total. The van der Waals surface area contributed by atoms with Gasteiger partial charge >= 0.3 is 5.97 Å². The molecule has 3 rings (SSSR count). The molecule has 4 atom stereocenters. The summed E-state index contributed by atoms with van der Waals surface area (Å²) in [7, 11) is 1.41. The fourth-order valence-electron chi connectivity index (χ4n) is 3.21. The first-order chi connectivity index (χ1) is 9.69. The first kappa shape index (κ1) is 13.5. The van der Waals surface area contributed by atoms with E-state index in [1.54, 1.807) is 12.1 Å². The van der Waals surface area contributed by atoms with Gasteiger partial charge in [-0.1, -0.05) is 12.1 Å². The lowest BCUT2D eigenvalue weighted by Gasteiger charge is -2.26. The number of hydrogen-bond donors (Lipinski definition) is 1. The molecule has 2 aliphatic heterocycles. The Morgan fingerprint density at radius 2 is 2.05 bits per heavy atom. The number of halogens is 1. The molecule has 0 spiro atoms. The number of rotatable bonds is 4. The second-order valence-corrected chi connectivity index (χ2v) is 5.37. The van der Waals surface area contributed by atoms with Crippen LogP contribution in [0.2, 0.25) is 0 Å². The van der Waals surface area contributed by atoms with Crippen LogP contribution in [0, 0.1) is 11.7 Å². The van der Waals surface area contributed by atoms with E-state index >= 15 is 0 Å². The summed E-state index contributed by atoms with van der Waals surface area (Å²) in [4.78, 5) is 11.9. The second kappa shape index (κ2) is 5.50. The molecule has 1 aromatic rings. The summed E-state index contributed by atoms with van der Waals surface area (Å²) < 4.78 is 23.5. The molecule has 0 radical (unpaired) electrons. The van der Waals surface area contributed by atoms with Gasteiger partial charge in [0, 0.05) is 12.6 Å². The fraction of sp³-hybridized carbons (Fsp3) is 0.533.